The summed E-state index contributed by atoms with van der Waals surface area (Å²) in [5.74, 6) is -1.13. The number of amides is 2. The molecule has 0 spiro atoms. The average molecular weight is 310 g/mol. The van der Waals surface area contributed by atoms with Crippen LogP contribution in [-0.4, -0.2) is 54.8 Å². The Morgan fingerprint density at radius 2 is 1.76 bits per heavy atom. The molecular formula is C15H20ClN3O2. The zero-order valence-corrected chi connectivity index (χ0v) is 13.3. The largest absolute Gasteiger partial charge is 0.332 e. The number of benzene rings is 1. The maximum atomic E-state index is 12.2. The Balaban J connectivity index is 2.06. The third kappa shape index (κ3) is 3.74. The summed E-state index contributed by atoms with van der Waals surface area (Å²) < 4.78 is 0. The minimum atomic E-state index is -0.631. The van der Waals surface area contributed by atoms with E-state index in [-0.39, 0.29) is 0 Å². The van der Waals surface area contributed by atoms with E-state index in [0.29, 0.717) is 23.8 Å². The van der Waals surface area contributed by atoms with Gasteiger partial charge in [-0.1, -0.05) is 17.7 Å². The van der Waals surface area contributed by atoms with E-state index in [0.717, 1.165) is 24.2 Å². The summed E-state index contributed by atoms with van der Waals surface area (Å²) in [6.45, 7) is 6.49. The van der Waals surface area contributed by atoms with Crippen LogP contribution in [0, 0.1) is 13.8 Å². The number of halogens is 1. The fraction of sp³-hybridized carbons (Fsp3) is 0.467. The van der Waals surface area contributed by atoms with E-state index in [1.54, 1.807) is 11.0 Å². The molecule has 1 N–H and O–H groups in total. The fourth-order valence-electron chi connectivity index (χ4n) is 2.39. The van der Waals surface area contributed by atoms with Crippen LogP contribution in [0.2, 0.25) is 5.02 Å². The molecule has 1 aromatic carbocycles. The topological polar surface area (TPSA) is 52.7 Å². The summed E-state index contributed by atoms with van der Waals surface area (Å²) in [5, 5.41) is 3.09. The summed E-state index contributed by atoms with van der Waals surface area (Å²) in [7, 11) is 2.00. The van der Waals surface area contributed by atoms with Gasteiger partial charge < -0.3 is 15.1 Å². The molecule has 0 radical (unpaired) electrons. The van der Waals surface area contributed by atoms with Gasteiger partial charge in [-0.2, -0.15) is 0 Å². The van der Waals surface area contributed by atoms with Gasteiger partial charge >= 0.3 is 11.8 Å². The Morgan fingerprint density at radius 1 is 1.14 bits per heavy atom. The molecule has 5 nitrogen and oxygen atoms in total. The smallest absolute Gasteiger partial charge is 0.313 e. The van der Waals surface area contributed by atoms with Crippen LogP contribution in [0.5, 0.6) is 0 Å². The molecule has 0 bridgehead atoms. The zero-order valence-electron chi connectivity index (χ0n) is 12.6. The van der Waals surface area contributed by atoms with Crippen molar-refractivity contribution in [3.8, 4) is 0 Å². The summed E-state index contributed by atoms with van der Waals surface area (Å²) in [4.78, 5) is 28.0. The molecule has 0 saturated carbocycles. The lowest BCUT2D eigenvalue weighted by molar-refractivity contribution is -0.144. The van der Waals surface area contributed by atoms with Gasteiger partial charge in [-0.05, 0) is 38.1 Å². The Morgan fingerprint density at radius 3 is 2.33 bits per heavy atom. The zero-order chi connectivity index (χ0) is 15.6. The molecule has 21 heavy (non-hydrogen) atoms. The van der Waals surface area contributed by atoms with Crippen LogP contribution in [-0.2, 0) is 9.59 Å². The molecule has 114 valence electrons. The van der Waals surface area contributed by atoms with Crippen molar-refractivity contribution in [1.29, 1.82) is 0 Å². The fourth-order valence-corrected chi connectivity index (χ4v) is 2.76. The Kier molecular flexibility index (Phi) is 4.85. The second-order valence-electron chi connectivity index (χ2n) is 5.49. The summed E-state index contributed by atoms with van der Waals surface area (Å²) in [5.41, 5.74) is 2.37. The van der Waals surface area contributed by atoms with Crippen LogP contribution in [0.3, 0.4) is 0 Å². The first-order valence-electron chi connectivity index (χ1n) is 6.94. The molecule has 1 fully saturated rings. The Hall–Kier alpha value is -1.59. The molecule has 0 unspecified atom stereocenters. The van der Waals surface area contributed by atoms with Gasteiger partial charge in [0.2, 0.25) is 0 Å². The van der Waals surface area contributed by atoms with Crippen molar-refractivity contribution in [3.05, 3.63) is 28.3 Å². The number of aryl methyl sites for hydroxylation is 2. The Bertz CT molecular complexity index is 543. The number of anilines is 1. The molecule has 0 atom stereocenters. The first-order chi connectivity index (χ1) is 9.88. The quantitative estimate of drug-likeness (QED) is 0.803. The second kappa shape index (κ2) is 6.45. The highest BCUT2D eigenvalue weighted by molar-refractivity contribution is 6.41. The first-order valence-corrected chi connectivity index (χ1v) is 7.32. The summed E-state index contributed by atoms with van der Waals surface area (Å²) in [6.07, 6.45) is 0. The lowest BCUT2D eigenvalue weighted by atomic mass is 10.1. The van der Waals surface area contributed by atoms with Crippen LogP contribution >= 0.6 is 11.6 Å². The average Bonchev–Trinajstić information content (AvgIpc) is 2.42. The molecule has 1 aromatic rings. The number of nitrogens with zero attached hydrogens (tertiary/aromatic N) is 2. The van der Waals surface area contributed by atoms with Crippen molar-refractivity contribution < 1.29 is 9.59 Å². The molecule has 0 aromatic heterocycles. The van der Waals surface area contributed by atoms with Gasteiger partial charge in [0.25, 0.3) is 0 Å². The predicted molar refractivity (Wildman–Crippen MR) is 83.6 cm³/mol. The van der Waals surface area contributed by atoms with Gasteiger partial charge in [0, 0.05) is 26.2 Å². The van der Waals surface area contributed by atoms with E-state index < -0.39 is 11.8 Å². The first kappa shape index (κ1) is 15.8. The highest BCUT2D eigenvalue weighted by atomic mass is 35.5. The highest BCUT2D eigenvalue weighted by Crippen LogP contribution is 2.27. The molecule has 1 heterocycles. The number of hydrogen-bond donors (Lipinski definition) is 1. The molecule has 1 aliphatic heterocycles. The van der Waals surface area contributed by atoms with E-state index in [2.05, 4.69) is 10.2 Å². The van der Waals surface area contributed by atoms with E-state index in [1.165, 1.54) is 0 Å². The summed E-state index contributed by atoms with van der Waals surface area (Å²) in [6, 6.07) is 3.69. The minimum absolute atomic E-state index is 0.451. The van der Waals surface area contributed by atoms with Crippen LogP contribution < -0.4 is 5.32 Å². The van der Waals surface area contributed by atoms with Crippen LogP contribution in [0.1, 0.15) is 11.1 Å². The number of nitrogens with one attached hydrogen (secondary N) is 1. The van der Waals surface area contributed by atoms with Gasteiger partial charge in [0.05, 0.1) is 10.7 Å². The van der Waals surface area contributed by atoms with Gasteiger partial charge in [-0.25, -0.2) is 0 Å². The molecule has 1 saturated heterocycles. The van der Waals surface area contributed by atoms with Crippen LogP contribution in [0.15, 0.2) is 12.1 Å². The van der Waals surface area contributed by atoms with Crippen molar-refractivity contribution in [2.75, 3.05) is 38.5 Å². The number of carbonyl (C=O) groups excluding carboxylic acids is 2. The number of piperazine rings is 1. The SMILES string of the molecule is Cc1cc(C)c(NC(=O)C(=O)N2CCN(C)CC2)c(Cl)c1. The lowest BCUT2D eigenvalue weighted by Gasteiger charge is -2.31. The molecule has 1 aliphatic rings. The lowest BCUT2D eigenvalue weighted by Crippen LogP contribution is -2.50. The van der Waals surface area contributed by atoms with Crippen LogP contribution in [0.4, 0.5) is 5.69 Å². The number of hydrogen-bond acceptors (Lipinski definition) is 3. The van der Waals surface area contributed by atoms with Gasteiger partial charge in [-0.15, -0.1) is 0 Å². The molecule has 2 amide bonds. The molecular weight excluding hydrogens is 290 g/mol. The Labute approximate surface area is 129 Å². The maximum absolute atomic E-state index is 12.2. The molecule has 6 heteroatoms. The maximum Gasteiger partial charge on any atom is 0.313 e. The third-order valence-corrected chi connectivity index (χ3v) is 3.95. The van der Waals surface area contributed by atoms with E-state index >= 15 is 0 Å². The van der Waals surface area contributed by atoms with Crippen LogP contribution in [0.25, 0.3) is 0 Å². The number of carbonyl (C=O) groups is 2. The molecule has 0 aliphatic carbocycles. The second-order valence-corrected chi connectivity index (χ2v) is 5.90. The van der Waals surface area contributed by atoms with Gasteiger partial charge in [0.1, 0.15) is 0 Å². The van der Waals surface area contributed by atoms with Crippen molar-refractivity contribution in [3.63, 3.8) is 0 Å². The van der Waals surface area contributed by atoms with Crippen molar-refractivity contribution in [2.24, 2.45) is 0 Å². The predicted octanol–water partition coefficient (Wildman–Crippen LogP) is 1.67. The summed E-state index contributed by atoms with van der Waals surface area (Å²) >= 11 is 6.14. The van der Waals surface area contributed by atoms with Gasteiger partial charge in [0.15, 0.2) is 0 Å². The van der Waals surface area contributed by atoms with Crippen molar-refractivity contribution in [1.82, 2.24) is 9.80 Å². The van der Waals surface area contributed by atoms with E-state index in [1.807, 2.05) is 27.0 Å². The standard InChI is InChI=1S/C15H20ClN3O2/c1-10-8-11(2)13(12(16)9-10)17-14(20)15(21)19-6-4-18(3)5-7-19/h8-9H,4-7H2,1-3H3,(H,17,20). The number of likely N-dealkylation sites (N-methyl/N-ethyl adjacent to an activating group) is 1. The minimum Gasteiger partial charge on any atom is -0.332 e. The van der Waals surface area contributed by atoms with E-state index in [4.69, 9.17) is 11.6 Å². The van der Waals surface area contributed by atoms with E-state index in [9.17, 15) is 9.59 Å². The highest BCUT2D eigenvalue weighted by Gasteiger charge is 2.25. The number of rotatable bonds is 1. The molecule has 2 rings (SSSR count). The van der Waals surface area contributed by atoms with Crippen molar-refractivity contribution in [2.45, 2.75) is 13.8 Å². The normalized spacial score (nSPS) is 15.9. The van der Waals surface area contributed by atoms with Crippen molar-refractivity contribution >= 4 is 29.1 Å². The third-order valence-electron chi connectivity index (χ3n) is 3.66. The van der Waals surface area contributed by atoms with Gasteiger partial charge in [-0.3, -0.25) is 9.59 Å². The monoisotopic (exact) mass is 309 g/mol.